The Hall–Kier alpha value is -2.57. The number of phenols is 1. The molecule has 0 amide bonds. The summed E-state index contributed by atoms with van der Waals surface area (Å²) < 4.78 is 7.29. The van der Waals surface area contributed by atoms with Crippen molar-refractivity contribution in [3.8, 4) is 11.5 Å². The van der Waals surface area contributed by atoms with Gasteiger partial charge in [-0.1, -0.05) is 29.0 Å². The number of hydrogen-bond donors (Lipinski definition) is 1. The summed E-state index contributed by atoms with van der Waals surface area (Å²) in [4.78, 5) is 18.2. The second kappa shape index (κ2) is 6.00. The molecule has 0 aliphatic rings. The smallest absolute Gasteiger partial charge is 0.274 e. The second-order valence-electron chi connectivity index (χ2n) is 6.07. The molecule has 0 bridgehead atoms. The Morgan fingerprint density at radius 2 is 2.08 bits per heavy atom. The number of thiazole rings is 1. The van der Waals surface area contributed by atoms with E-state index in [1.165, 1.54) is 18.4 Å². The summed E-state index contributed by atoms with van der Waals surface area (Å²) in [5.41, 5.74) is 4.44. The molecule has 0 atom stereocenters. The van der Waals surface area contributed by atoms with E-state index in [-0.39, 0.29) is 22.1 Å². The molecule has 1 N–H and O–H groups in total. The molecular weight excluding hydrogens is 372 g/mol. The van der Waals surface area contributed by atoms with Crippen LogP contribution in [-0.2, 0) is 0 Å². The summed E-state index contributed by atoms with van der Waals surface area (Å²) in [6.45, 7) is 4.04. The van der Waals surface area contributed by atoms with Crippen LogP contribution in [0.25, 0.3) is 22.1 Å². The average Bonchev–Trinajstić information content (AvgIpc) is 3.12. The fraction of sp³-hybridized carbons (Fsp3) is 0.158. The van der Waals surface area contributed by atoms with Crippen LogP contribution in [0.5, 0.6) is 11.5 Å². The van der Waals surface area contributed by atoms with Crippen molar-refractivity contribution in [3.05, 3.63) is 60.9 Å². The van der Waals surface area contributed by atoms with Crippen molar-refractivity contribution in [3.63, 3.8) is 0 Å². The zero-order chi connectivity index (χ0) is 18.6. The Labute approximate surface area is 157 Å². The maximum atomic E-state index is 12.9. The molecule has 0 fully saturated rings. The number of phenolic OH excluding ortho intramolecular Hbond substituents is 1. The molecule has 132 valence electrons. The number of aryl methyl sites for hydroxylation is 2. The second-order valence-corrected chi connectivity index (χ2v) is 7.49. The Morgan fingerprint density at radius 3 is 2.81 bits per heavy atom. The number of hydrogen-bond acceptors (Lipinski definition) is 5. The normalized spacial score (nSPS) is 12.4. The molecule has 0 saturated heterocycles. The third-order valence-corrected chi connectivity index (χ3v) is 5.76. The lowest BCUT2D eigenvalue weighted by atomic mass is 10.1. The van der Waals surface area contributed by atoms with Crippen LogP contribution in [-0.4, -0.2) is 21.6 Å². The molecule has 0 saturated carbocycles. The van der Waals surface area contributed by atoms with Crippen LogP contribution < -0.4 is 14.8 Å². The number of aromatic hydroxyl groups is 1. The molecule has 0 radical (unpaired) electrons. The Morgan fingerprint density at radius 1 is 1.31 bits per heavy atom. The summed E-state index contributed by atoms with van der Waals surface area (Å²) in [6, 6.07) is 7.15. The number of fused-ring (bicyclic) bond motifs is 3. The number of methoxy groups -OCH3 is 1. The summed E-state index contributed by atoms with van der Waals surface area (Å²) in [7, 11) is 1.45. The predicted molar refractivity (Wildman–Crippen MR) is 105 cm³/mol. The molecule has 0 spiro atoms. The number of imidazole rings is 1. The standard InChI is InChI=1S/C19H15ClN2O3S/c1-9-4-5-13-16(10(9)2)21-19-22(13)18(24)15(26-19)8-11-6-12(20)17(23)14(7-11)25-3/h4-8,23H,1-3H3/b15-8-. The fourth-order valence-corrected chi connectivity index (χ4v) is 4.15. The number of rotatable bonds is 2. The van der Waals surface area contributed by atoms with Gasteiger partial charge in [-0.3, -0.25) is 4.79 Å². The van der Waals surface area contributed by atoms with Crippen LogP contribution in [0, 0.1) is 13.8 Å². The monoisotopic (exact) mass is 386 g/mol. The van der Waals surface area contributed by atoms with E-state index in [1.807, 2.05) is 26.0 Å². The van der Waals surface area contributed by atoms with Gasteiger partial charge in [0.1, 0.15) is 0 Å². The lowest BCUT2D eigenvalue weighted by molar-refractivity contribution is 0.373. The van der Waals surface area contributed by atoms with E-state index in [0.29, 0.717) is 15.1 Å². The lowest BCUT2D eigenvalue weighted by Gasteiger charge is -2.05. The first kappa shape index (κ1) is 16.9. The van der Waals surface area contributed by atoms with Crippen LogP contribution in [0.15, 0.2) is 29.1 Å². The first-order valence-corrected chi connectivity index (χ1v) is 9.09. The minimum atomic E-state index is -0.126. The van der Waals surface area contributed by atoms with Gasteiger partial charge in [-0.15, -0.1) is 0 Å². The summed E-state index contributed by atoms with van der Waals surface area (Å²) in [5, 5.41) is 10.0. The zero-order valence-corrected chi connectivity index (χ0v) is 15.9. The van der Waals surface area contributed by atoms with Crippen LogP contribution in [0.4, 0.5) is 0 Å². The first-order valence-electron chi connectivity index (χ1n) is 7.90. The van der Waals surface area contributed by atoms with Crippen molar-refractivity contribution in [1.82, 2.24) is 9.38 Å². The Balaban J connectivity index is 1.98. The van der Waals surface area contributed by atoms with Crippen LogP contribution in [0.1, 0.15) is 16.7 Å². The van der Waals surface area contributed by atoms with Crippen molar-refractivity contribution < 1.29 is 9.84 Å². The van der Waals surface area contributed by atoms with Gasteiger partial charge in [0.05, 0.1) is 27.7 Å². The van der Waals surface area contributed by atoms with E-state index in [1.54, 1.807) is 22.6 Å². The van der Waals surface area contributed by atoms with Crippen LogP contribution in [0.3, 0.4) is 0 Å². The molecule has 7 heteroatoms. The van der Waals surface area contributed by atoms with Crippen molar-refractivity contribution in [2.75, 3.05) is 7.11 Å². The molecule has 5 nitrogen and oxygen atoms in total. The van der Waals surface area contributed by atoms with E-state index in [2.05, 4.69) is 4.98 Å². The van der Waals surface area contributed by atoms with E-state index < -0.39 is 0 Å². The molecule has 26 heavy (non-hydrogen) atoms. The summed E-state index contributed by atoms with van der Waals surface area (Å²) in [5.74, 6) is 0.139. The van der Waals surface area contributed by atoms with Gasteiger partial charge >= 0.3 is 0 Å². The highest BCUT2D eigenvalue weighted by atomic mass is 35.5. The maximum absolute atomic E-state index is 12.9. The molecular formula is C19H15ClN2O3S. The van der Waals surface area contributed by atoms with Crippen molar-refractivity contribution >= 4 is 45.0 Å². The van der Waals surface area contributed by atoms with E-state index in [0.717, 1.165) is 22.2 Å². The van der Waals surface area contributed by atoms with E-state index in [4.69, 9.17) is 16.3 Å². The number of benzene rings is 2. The van der Waals surface area contributed by atoms with Gasteiger partial charge in [0, 0.05) is 0 Å². The van der Waals surface area contributed by atoms with Gasteiger partial charge < -0.3 is 9.84 Å². The van der Waals surface area contributed by atoms with Crippen molar-refractivity contribution in [1.29, 1.82) is 0 Å². The average molecular weight is 387 g/mol. The Bertz CT molecular complexity index is 1290. The minimum absolute atomic E-state index is 0.119. The molecule has 0 aliphatic heterocycles. The van der Waals surface area contributed by atoms with E-state index >= 15 is 0 Å². The van der Waals surface area contributed by atoms with Gasteiger partial charge in [-0.05, 0) is 54.8 Å². The highest BCUT2D eigenvalue weighted by Crippen LogP contribution is 2.35. The van der Waals surface area contributed by atoms with Crippen LogP contribution >= 0.6 is 22.9 Å². The number of nitrogens with zero attached hydrogens (tertiary/aromatic N) is 2. The van der Waals surface area contributed by atoms with Gasteiger partial charge in [-0.2, -0.15) is 0 Å². The topological polar surface area (TPSA) is 63.8 Å². The number of ether oxygens (including phenoxy) is 1. The van der Waals surface area contributed by atoms with Crippen LogP contribution in [0.2, 0.25) is 5.02 Å². The number of halogens is 1. The first-order chi connectivity index (χ1) is 12.4. The predicted octanol–water partition coefficient (Wildman–Crippen LogP) is 3.44. The lowest BCUT2D eigenvalue weighted by Crippen LogP contribution is -2.22. The maximum Gasteiger partial charge on any atom is 0.274 e. The van der Waals surface area contributed by atoms with E-state index in [9.17, 15) is 9.90 Å². The van der Waals surface area contributed by atoms with Gasteiger partial charge in [-0.25, -0.2) is 9.38 Å². The summed E-state index contributed by atoms with van der Waals surface area (Å²) >= 11 is 7.35. The van der Waals surface area contributed by atoms with Crippen molar-refractivity contribution in [2.24, 2.45) is 0 Å². The highest BCUT2D eigenvalue weighted by Gasteiger charge is 2.14. The highest BCUT2D eigenvalue weighted by molar-refractivity contribution is 7.15. The minimum Gasteiger partial charge on any atom is -0.503 e. The molecule has 2 aromatic heterocycles. The quantitative estimate of drug-likeness (QED) is 0.573. The molecule has 2 aromatic carbocycles. The SMILES string of the molecule is COc1cc(/C=c2\sc3nc4c(C)c(C)ccc4n3c2=O)cc(Cl)c1O. The van der Waals surface area contributed by atoms with Gasteiger partial charge in [0.25, 0.3) is 5.56 Å². The fourth-order valence-electron chi connectivity index (χ4n) is 2.95. The molecule has 4 rings (SSSR count). The molecule has 0 aliphatic carbocycles. The molecule has 2 heterocycles. The largest absolute Gasteiger partial charge is 0.503 e. The molecule has 4 aromatic rings. The van der Waals surface area contributed by atoms with Crippen molar-refractivity contribution in [2.45, 2.75) is 13.8 Å². The molecule has 0 unspecified atom stereocenters. The summed E-state index contributed by atoms with van der Waals surface area (Å²) in [6.07, 6.45) is 1.72. The third-order valence-electron chi connectivity index (χ3n) is 4.50. The van der Waals surface area contributed by atoms with Gasteiger partial charge in [0.15, 0.2) is 16.5 Å². The third kappa shape index (κ3) is 2.45. The Kier molecular flexibility index (Phi) is 3.89. The number of aromatic nitrogens is 2. The zero-order valence-electron chi connectivity index (χ0n) is 14.3. The van der Waals surface area contributed by atoms with Gasteiger partial charge in [0.2, 0.25) is 0 Å².